The summed E-state index contributed by atoms with van der Waals surface area (Å²) in [5, 5.41) is 9.22. The quantitative estimate of drug-likeness (QED) is 0.670. The van der Waals surface area contributed by atoms with Gasteiger partial charge in [0, 0.05) is 5.25 Å². The number of nitriles is 1. The summed E-state index contributed by atoms with van der Waals surface area (Å²) in [4.78, 5) is 0. The van der Waals surface area contributed by atoms with E-state index < -0.39 is 5.54 Å². The van der Waals surface area contributed by atoms with E-state index in [1.165, 1.54) is 18.6 Å². The Balaban J connectivity index is 3.63. The molecule has 0 saturated heterocycles. The van der Waals surface area contributed by atoms with Crippen LogP contribution >= 0.6 is 11.8 Å². The molecule has 0 aromatic heterocycles. The van der Waals surface area contributed by atoms with Crippen LogP contribution in [0.2, 0.25) is 0 Å². The van der Waals surface area contributed by atoms with Gasteiger partial charge in [-0.2, -0.15) is 17.0 Å². The first-order valence-electron chi connectivity index (χ1n) is 4.83. The summed E-state index contributed by atoms with van der Waals surface area (Å²) < 4.78 is 0. The summed E-state index contributed by atoms with van der Waals surface area (Å²) >= 11 is 1.91. The van der Waals surface area contributed by atoms with E-state index in [4.69, 9.17) is 11.0 Å². The summed E-state index contributed by atoms with van der Waals surface area (Å²) in [6.45, 7) is 6.13. The van der Waals surface area contributed by atoms with E-state index in [2.05, 4.69) is 19.9 Å². The molecule has 3 heteroatoms. The van der Waals surface area contributed by atoms with Crippen LogP contribution in [0.1, 0.15) is 40.0 Å². The van der Waals surface area contributed by atoms with Crippen LogP contribution in [-0.4, -0.2) is 16.5 Å². The Kier molecular flexibility index (Phi) is 6.19. The van der Waals surface area contributed by atoms with Gasteiger partial charge in [0.1, 0.15) is 5.54 Å². The first-order chi connectivity index (χ1) is 6.02. The molecule has 0 bridgehead atoms. The zero-order valence-corrected chi connectivity index (χ0v) is 9.66. The highest BCUT2D eigenvalue weighted by atomic mass is 32.2. The Morgan fingerprint density at radius 1 is 1.62 bits per heavy atom. The summed E-state index contributed by atoms with van der Waals surface area (Å²) in [6.07, 6.45) is 3.26. The van der Waals surface area contributed by atoms with Gasteiger partial charge in [-0.15, -0.1) is 0 Å². The fourth-order valence-electron chi connectivity index (χ4n) is 1.13. The molecule has 0 spiro atoms. The molecule has 2 N–H and O–H groups in total. The summed E-state index contributed by atoms with van der Waals surface area (Å²) in [6, 6.07) is 2.13. The van der Waals surface area contributed by atoms with E-state index in [1.807, 2.05) is 11.8 Å². The van der Waals surface area contributed by atoms with Crippen LogP contribution in [0, 0.1) is 11.3 Å². The van der Waals surface area contributed by atoms with Crippen LogP contribution in [0.25, 0.3) is 0 Å². The van der Waals surface area contributed by atoms with Crippen LogP contribution in [0.4, 0.5) is 0 Å². The summed E-state index contributed by atoms with van der Waals surface area (Å²) in [5.74, 6) is 1.18. The molecule has 0 aliphatic rings. The molecule has 0 aliphatic carbocycles. The van der Waals surface area contributed by atoms with E-state index in [9.17, 15) is 0 Å². The fourth-order valence-corrected chi connectivity index (χ4v) is 2.45. The maximum Gasteiger partial charge on any atom is 0.102 e. The zero-order chi connectivity index (χ0) is 10.3. The number of unbranched alkanes of at least 4 members (excludes halogenated alkanes) is 1. The normalized spacial score (nSPS) is 17.5. The molecule has 2 nitrogen and oxygen atoms in total. The van der Waals surface area contributed by atoms with Crippen molar-refractivity contribution in [3.05, 3.63) is 0 Å². The third-order valence-corrected chi connectivity index (χ3v) is 3.13. The summed E-state index contributed by atoms with van der Waals surface area (Å²) in [7, 11) is 0. The van der Waals surface area contributed by atoms with Crippen LogP contribution in [0.3, 0.4) is 0 Å². The highest BCUT2D eigenvalue weighted by molar-refractivity contribution is 7.99. The van der Waals surface area contributed by atoms with Crippen LogP contribution in [0.15, 0.2) is 0 Å². The predicted octanol–water partition coefficient (Wildman–Crippen LogP) is 2.54. The van der Waals surface area contributed by atoms with Crippen molar-refractivity contribution in [3.8, 4) is 6.07 Å². The highest BCUT2D eigenvalue weighted by Crippen LogP contribution is 2.20. The third-order valence-electron chi connectivity index (χ3n) is 1.87. The average Bonchev–Trinajstić information content (AvgIpc) is 2.04. The first-order valence-corrected chi connectivity index (χ1v) is 5.88. The van der Waals surface area contributed by atoms with Crippen molar-refractivity contribution in [2.45, 2.75) is 50.8 Å². The predicted molar refractivity (Wildman–Crippen MR) is 59.7 cm³/mol. The molecule has 0 aromatic rings. The Labute approximate surface area is 85.9 Å². The monoisotopic (exact) mass is 200 g/mol. The Bertz CT molecular complexity index is 172. The lowest BCUT2D eigenvalue weighted by molar-refractivity contribution is 0.545. The van der Waals surface area contributed by atoms with E-state index in [-0.39, 0.29) is 0 Å². The number of nitrogens with two attached hydrogens (primary N) is 1. The Hall–Kier alpha value is -0.200. The topological polar surface area (TPSA) is 49.8 Å². The van der Waals surface area contributed by atoms with Crippen LogP contribution in [0.5, 0.6) is 0 Å². The minimum absolute atomic E-state index is 0.487. The number of hydrogen-bond acceptors (Lipinski definition) is 3. The SMILES string of the molecule is CCCCSC(C)CC(C)(N)C#N. The van der Waals surface area contributed by atoms with Crippen molar-refractivity contribution in [3.63, 3.8) is 0 Å². The van der Waals surface area contributed by atoms with E-state index >= 15 is 0 Å². The van der Waals surface area contributed by atoms with Gasteiger partial charge in [0.2, 0.25) is 0 Å². The molecule has 13 heavy (non-hydrogen) atoms. The van der Waals surface area contributed by atoms with Gasteiger partial charge in [-0.1, -0.05) is 20.3 Å². The molecule has 0 heterocycles. The van der Waals surface area contributed by atoms with Crippen molar-refractivity contribution >= 4 is 11.8 Å². The highest BCUT2D eigenvalue weighted by Gasteiger charge is 2.20. The Morgan fingerprint density at radius 3 is 2.69 bits per heavy atom. The molecule has 0 amide bonds. The molecule has 0 rings (SSSR count). The lowest BCUT2D eigenvalue weighted by Crippen LogP contribution is -2.36. The average molecular weight is 200 g/mol. The van der Waals surface area contributed by atoms with Gasteiger partial charge < -0.3 is 5.73 Å². The minimum atomic E-state index is -0.654. The molecule has 0 fully saturated rings. The molecule has 0 saturated carbocycles. The van der Waals surface area contributed by atoms with Crippen LogP contribution < -0.4 is 5.73 Å². The zero-order valence-electron chi connectivity index (χ0n) is 8.84. The van der Waals surface area contributed by atoms with E-state index in [0.717, 1.165) is 6.42 Å². The third kappa shape index (κ3) is 6.92. The van der Waals surface area contributed by atoms with Gasteiger partial charge >= 0.3 is 0 Å². The molecular formula is C10H20N2S. The van der Waals surface area contributed by atoms with E-state index in [0.29, 0.717) is 5.25 Å². The molecule has 76 valence electrons. The maximum absolute atomic E-state index is 8.73. The van der Waals surface area contributed by atoms with Crippen molar-refractivity contribution < 1.29 is 0 Å². The maximum atomic E-state index is 8.73. The van der Waals surface area contributed by atoms with Gasteiger partial charge in [-0.25, -0.2) is 0 Å². The second kappa shape index (κ2) is 6.28. The number of thioether (sulfide) groups is 1. The molecule has 0 aromatic carbocycles. The lowest BCUT2D eigenvalue weighted by Gasteiger charge is -2.19. The minimum Gasteiger partial charge on any atom is -0.314 e. The second-order valence-corrected chi connectivity index (χ2v) is 5.31. The number of rotatable bonds is 6. The van der Waals surface area contributed by atoms with Gasteiger partial charge in [0.25, 0.3) is 0 Å². The molecule has 2 unspecified atom stereocenters. The van der Waals surface area contributed by atoms with Gasteiger partial charge in [0.05, 0.1) is 6.07 Å². The van der Waals surface area contributed by atoms with Gasteiger partial charge in [-0.05, 0) is 25.5 Å². The molecule has 0 aliphatic heterocycles. The van der Waals surface area contributed by atoms with Crippen molar-refractivity contribution in [1.82, 2.24) is 0 Å². The largest absolute Gasteiger partial charge is 0.314 e. The second-order valence-electron chi connectivity index (χ2n) is 3.77. The molecular weight excluding hydrogens is 180 g/mol. The van der Waals surface area contributed by atoms with E-state index in [1.54, 1.807) is 6.92 Å². The van der Waals surface area contributed by atoms with Crippen LogP contribution in [-0.2, 0) is 0 Å². The standard InChI is InChI=1S/C10H20N2S/c1-4-5-6-13-9(2)7-10(3,12)8-11/h9H,4-7,12H2,1-3H3. The van der Waals surface area contributed by atoms with Gasteiger partial charge in [0.15, 0.2) is 0 Å². The fraction of sp³-hybridized carbons (Fsp3) is 0.900. The number of hydrogen-bond donors (Lipinski definition) is 1. The summed E-state index contributed by atoms with van der Waals surface area (Å²) in [5.41, 5.74) is 5.09. The molecule has 0 radical (unpaired) electrons. The van der Waals surface area contributed by atoms with Gasteiger partial charge in [-0.3, -0.25) is 0 Å². The lowest BCUT2D eigenvalue weighted by atomic mass is 10.00. The van der Waals surface area contributed by atoms with Crippen molar-refractivity contribution in [2.75, 3.05) is 5.75 Å². The first kappa shape index (κ1) is 12.8. The van der Waals surface area contributed by atoms with Crippen molar-refractivity contribution in [2.24, 2.45) is 5.73 Å². The smallest absolute Gasteiger partial charge is 0.102 e. The number of nitrogens with zero attached hydrogens (tertiary/aromatic N) is 1. The molecule has 2 atom stereocenters. The Morgan fingerprint density at radius 2 is 2.23 bits per heavy atom. The van der Waals surface area contributed by atoms with Crippen molar-refractivity contribution in [1.29, 1.82) is 5.26 Å².